The van der Waals surface area contributed by atoms with E-state index in [9.17, 15) is 9.59 Å². The molecule has 0 aromatic rings. The van der Waals surface area contributed by atoms with Crippen molar-refractivity contribution >= 4 is 11.8 Å². The summed E-state index contributed by atoms with van der Waals surface area (Å²) in [4.78, 5) is 28.6. The Morgan fingerprint density at radius 1 is 1.30 bits per heavy atom. The smallest absolute Gasteiger partial charge is 0.242 e. The van der Waals surface area contributed by atoms with Crippen LogP contribution in [0.25, 0.3) is 0 Å². The van der Waals surface area contributed by atoms with Gasteiger partial charge in [-0.2, -0.15) is 0 Å². The monoisotopic (exact) mass is 323 g/mol. The highest BCUT2D eigenvalue weighted by atomic mass is 16.2. The summed E-state index contributed by atoms with van der Waals surface area (Å²) in [5, 5.41) is 3.04. The van der Waals surface area contributed by atoms with E-state index in [1.165, 1.54) is 32.2 Å². The first-order valence-electron chi connectivity index (χ1n) is 9.37. The van der Waals surface area contributed by atoms with E-state index in [0.717, 1.165) is 19.0 Å². The second-order valence-corrected chi connectivity index (χ2v) is 7.19. The van der Waals surface area contributed by atoms with Crippen molar-refractivity contribution in [2.75, 3.05) is 19.6 Å². The van der Waals surface area contributed by atoms with Crippen LogP contribution in [-0.2, 0) is 9.59 Å². The number of carbonyl (C=O) groups excluding carboxylic acids is 2. The largest absolute Gasteiger partial charge is 0.354 e. The summed E-state index contributed by atoms with van der Waals surface area (Å²) in [6, 6.07) is 0.559. The Hall–Kier alpha value is -1.10. The normalized spacial score (nSPS) is 26.1. The quantitative estimate of drug-likeness (QED) is 0.731. The molecule has 2 heterocycles. The molecule has 23 heavy (non-hydrogen) atoms. The van der Waals surface area contributed by atoms with Crippen molar-refractivity contribution in [3.8, 4) is 0 Å². The van der Waals surface area contributed by atoms with Crippen LogP contribution in [0.15, 0.2) is 0 Å². The first-order chi connectivity index (χ1) is 11.0. The van der Waals surface area contributed by atoms with Crippen LogP contribution in [0.1, 0.15) is 65.7 Å². The van der Waals surface area contributed by atoms with E-state index < -0.39 is 0 Å². The van der Waals surface area contributed by atoms with Crippen LogP contribution in [0, 0.1) is 0 Å². The molecule has 0 saturated carbocycles. The Labute approximate surface area is 140 Å². The van der Waals surface area contributed by atoms with Crippen LogP contribution < -0.4 is 5.32 Å². The molecule has 0 aromatic heterocycles. The highest BCUT2D eigenvalue weighted by Crippen LogP contribution is 2.22. The van der Waals surface area contributed by atoms with Gasteiger partial charge in [0, 0.05) is 31.6 Å². The van der Waals surface area contributed by atoms with Gasteiger partial charge in [-0.25, -0.2) is 0 Å². The summed E-state index contributed by atoms with van der Waals surface area (Å²) in [5.41, 5.74) is 0. The van der Waals surface area contributed by atoms with E-state index >= 15 is 0 Å². The minimum Gasteiger partial charge on any atom is -0.354 e. The second kappa shape index (κ2) is 8.67. The fourth-order valence-electron chi connectivity index (χ4n) is 4.04. The average Bonchev–Trinajstić information content (AvgIpc) is 2.93. The molecule has 2 aliphatic rings. The number of rotatable bonds is 7. The van der Waals surface area contributed by atoms with Crippen molar-refractivity contribution in [3.05, 3.63) is 0 Å². The number of likely N-dealkylation sites (tertiary alicyclic amines) is 2. The minimum absolute atomic E-state index is 0.0234. The molecule has 1 N–H and O–H groups in total. The zero-order valence-electron chi connectivity index (χ0n) is 15.0. The van der Waals surface area contributed by atoms with Crippen molar-refractivity contribution in [1.82, 2.24) is 15.1 Å². The number of piperidine rings is 1. The van der Waals surface area contributed by atoms with Gasteiger partial charge in [0.2, 0.25) is 11.8 Å². The molecule has 5 heteroatoms. The third kappa shape index (κ3) is 4.69. The van der Waals surface area contributed by atoms with Crippen LogP contribution >= 0.6 is 0 Å². The number of nitrogens with one attached hydrogen (secondary N) is 1. The first-order valence-corrected chi connectivity index (χ1v) is 9.37. The Kier molecular flexibility index (Phi) is 6.88. The number of hydrogen-bond donors (Lipinski definition) is 1. The van der Waals surface area contributed by atoms with Gasteiger partial charge in [0.1, 0.15) is 6.04 Å². The lowest BCUT2D eigenvalue weighted by atomic mass is 10.00. The highest BCUT2D eigenvalue weighted by Gasteiger charge is 2.37. The molecule has 2 amide bonds. The highest BCUT2D eigenvalue weighted by molar-refractivity contribution is 5.91. The summed E-state index contributed by atoms with van der Waals surface area (Å²) in [6.07, 6.45) is 7.35. The fourth-order valence-corrected chi connectivity index (χ4v) is 4.04. The fraction of sp³-hybridized carbons (Fsp3) is 0.889. The SMILES string of the molecule is CCC1CCCCN1CCCNC(=O)C1CCC(=O)N1C(C)C. The van der Waals surface area contributed by atoms with Gasteiger partial charge in [0.15, 0.2) is 0 Å². The molecule has 2 atom stereocenters. The Morgan fingerprint density at radius 3 is 2.78 bits per heavy atom. The average molecular weight is 323 g/mol. The van der Waals surface area contributed by atoms with Crippen LogP contribution in [0.2, 0.25) is 0 Å². The van der Waals surface area contributed by atoms with E-state index in [4.69, 9.17) is 0 Å². The molecule has 5 nitrogen and oxygen atoms in total. The molecule has 0 spiro atoms. The van der Waals surface area contributed by atoms with Gasteiger partial charge in [0.25, 0.3) is 0 Å². The molecule has 2 fully saturated rings. The number of amides is 2. The van der Waals surface area contributed by atoms with E-state index in [2.05, 4.69) is 17.1 Å². The van der Waals surface area contributed by atoms with Crippen LogP contribution in [0.3, 0.4) is 0 Å². The molecular formula is C18H33N3O2. The van der Waals surface area contributed by atoms with Gasteiger partial charge in [-0.15, -0.1) is 0 Å². The minimum atomic E-state index is -0.263. The van der Waals surface area contributed by atoms with Gasteiger partial charge in [-0.3, -0.25) is 9.59 Å². The summed E-state index contributed by atoms with van der Waals surface area (Å²) >= 11 is 0. The molecule has 2 aliphatic heterocycles. The maximum Gasteiger partial charge on any atom is 0.242 e. The lowest BCUT2D eigenvalue weighted by molar-refractivity contribution is -0.136. The van der Waals surface area contributed by atoms with Crippen LogP contribution in [0.4, 0.5) is 0 Å². The summed E-state index contributed by atoms with van der Waals surface area (Å²) < 4.78 is 0. The van der Waals surface area contributed by atoms with Gasteiger partial charge in [0.05, 0.1) is 0 Å². The van der Waals surface area contributed by atoms with Gasteiger partial charge in [-0.1, -0.05) is 13.3 Å². The van der Waals surface area contributed by atoms with Gasteiger partial charge in [-0.05, 0) is 52.5 Å². The third-order valence-electron chi connectivity index (χ3n) is 5.26. The summed E-state index contributed by atoms with van der Waals surface area (Å²) in [7, 11) is 0. The molecule has 2 rings (SSSR count). The molecule has 2 unspecified atom stereocenters. The molecule has 2 saturated heterocycles. The molecular weight excluding hydrogens is 290 g/mol. The predicted octanol–water partition coefficient (Wildman–Crippen LogP) is 2.16. The standard InChI is InChI=1S/C18H33N3O2/c1-4-15-8-5-6-12-20(15)13-7-11-19-18(23)16-9-10-17(22)21(16)14(2)3/h14-16H,4-13H2,1-3H3,(H,19,23). The zero-order valence-corrected chi connectivity index (χ0v) is 15.0. The van der Waals surface area contributed by atoms with Gasteiger partial charge < -0.3 is 15.1 Å². The second-order valence-electron chi connectivity index (χ2n) is 7.19. The number of hydrogen-bond acceptors (Lipinski definition) is 3. The lowest BCUT2D eigenvalue weighted by Crippen LogP contribution is -2.48. The number of nitrogens with zero attached hydrogens (tertiary/aromatic N) is 2. The Balaban J connectivity index is 1.71. The van der Waals surface area contributed by atoms with E-state index in [1.54, 1.807) is 4.90 Å². The van der Waals surface area contributed by atoms with E-state index in [0.29, 0.717) is 19.4 Å². The maximum atomic E-state index is 12.4. The van der Waals surface area contributed by atoms with Crippen LogP contribution in [-0.4, -0.2) is 59.4 Å². The topological polar surface area (TPSA) is 52.7 Å². The molecule has 0 aromatic carbocycles. The zero-order chi connectivity index (χ0) is 16.8. The number of carbonyl (C=O) groups is 2. The molecule has 0 bridgehead atoms. The van der Waals surface area contributed by atoms with Crippen molar-refractivity contribution in [2.24, 2.45) is 0 Å². The van der Waals surface area contributed by atoms with Crippen molar-refractivity contribution in [1.29, 1.82) is 0 Å². The third-order valence-corrected chi connectivity index (χ3v) is 5.26. The maximum absolute atomic E-state index is 12.4. The Morgan fingerprint density at radius 2 is 2.09 bits per heavy atom. The van der Waals surface area contributed by atoms with Crippen molar-refractivity contribution in [3.63, 3.8) is 0 Å². The Bertz CT molecular complexity index is 411. The lowest BCUT2D eigenvalue weighted by Gasteiger charge is -2.35. The summed E-state index contributed by atoms with van der Waals surface area (Å²) in [5.74, 6) is 0.134. The molecule has 0 aliphatic carbocycles. The van der Waals surface area contributed by atoms with E-state index in [1.807, 2.05) is 13.8 Å². The van der Waals surface area contributed by atoms with Crippen molar-refractivity contribution < 1.29 is 9.59 Å². The van der Waals surface area contributed by atoms with E-state index in [-0.39, 0.29) is 23.9 Å². The first kappa shape index (κ1) is 18.2. The predicted molar refractivity (Wildman–Crippen MR) is 92.1 cm³/mol. The molecule has 0 radical (unpaired) electrons. The summed E-state index contributed by atoms with van der Waals surface area (Å²) in [6.45, 7) is 9.20. The van der Waals surface area contributed by atoms with Crippen molar-refractivity contribution in [2.45, 2.75) is 83.8 Å². The van der Waals surface area contributed by atoms with Crippen LogP contribution in [0.5, 0.6) is 0 Å². The molecule has 132 valence electrons. The van der Waals surface area contributed by atoms with Gasteiger partial charge >= 0.3 is 0 Å².